The molecule has 1 atom stereocenters. The number of hydrogen-bond acceptors (Lipinski definition) is 5. The van der Waals surface area contributed by atoms with Crippen molar-refractivity contribution >= 4 is 29.7 Å². The molecule has 0 spiro atoms. The molecule has 36 heavy (non-hydrogen) atoms. The maximum Gasteiger partial charge on any atom is 0.237 e. The molecule has 2 heterocycles. The number of nitrogens with one attached hydrogen (secondary N) is 1. The molecule has 1 aromatic heterocycles. The van der Waals surface area contributed by atoms with Crippen LogP contribution in [-0.4, -0.2) is 42.5 Å². The smallest absolute Gasteiger partial charge is 0.237 e. The standard InChI is InChI=1S/C29H29ClN4O2/c1-32-29(35)27-10-6-7-15-34(27)19-22-16-25(30)21(17-28(22)36-2)11-12-26-24(18-31)23(13-14-33-26)20-8-4-3-5-9-20/h3-5,8-9,11-14,16-17,27H,6-7,10,15,19H2,1-2H3,(H,32,35)/b12-11+. The Bertz CT molecular complexity index is 1300. The first-order valence-corrected chi connectivity index (χ1v) is 12.4. The number of amides is 1. The number of rotatable bonds is 7. The van der Waals surface area contributed by atoms with Crippen LogP contribution in [0, 0.1) is 11.3 Å². The summed E-state index contributed by atoms with van der Waals surface area (Å²) in [4.78, 5) is 19.0. The van der Waals surface area contributed by atoms with Gasteiger partial charge in [-0.15, -0.1) is 0 Å². The quantitative estimate of drug-likeness (QED) is 0.460. The first-order chi connectivity index (χ1) is 17.5. The van der Waals surface area contributed by atoms with Crippen LogP contribution in [0.25, 0.3) is 23.3 Å². The minimum atomic E-state index is -0.154. The lowest BCUT2D eigenvalue weighted by molar-refractivity contribution is -0.127. The van der Waals surface area contributed by atoms with E-state index in [4.69, 9.17) is 16.3 Å². The van der Waals surface area contributed by atoms with Crippen LogP contribution in [0.1, 0.15) is 41.6 Å². The summed E-state index contributed by atoms with van der Waals surface area (Å²) >= 11 is 6.68. The van der Waals surface area contributed by atoms with Crippen molar-refractivity contribution in [1.82, 2.24) is 15.2 Å². The van der Waals surface area contributed by atoms with Crippen molar-refractivity contribution in [3.8, 4) is 22.9 Å². The fourth-order valence-electron chi connectivity index (χ4n) is 4.66. The van der Waals surface area contributed by atoms with Crippen LogP contribution in [0.4, 0.5) is 0 Å². The summed E-state index contributed by atoms with van der Waals surface area (Å²) in [7, 11) is 3.31. The molecule has 0 radical (unpaired) electrons. The number of ether oxygens (including phenoxy) is 1. The van der Waals surface area contributed by atoms with E-state index >= 15 is 0 Å². The molecule has 184 valence electrons. The van der Waals surface area contributed by atoms with E-state index in [1.54, 1.807) is 26.4 Å². The van der Waals surface area contributed by atoms with Crippen molar-refractivity contribution in [2.45, 2.75) is 31.8 Å². The Hall–Kier alpha value is -3.66. The van der Waals surface area contributed by atoms with E-state index in [1.165, 1.54) is 0 Å². The van der Waals surface area contributed by atoms with Crippen LogP contribution in [0.5, 0.6) is 5.75 Å². The zero-order valence-corrected chi connectivity index (χ0v) is 21.3. The van der Waals surface area contributed by atoms with Gasteiger partial charge in [-0.25, -0.2) is 0 Å². The molecule has 0 saturated carbocycles. The zero-order valence-electron chi connectivity index (χ0n) is 20.5. The summed E-state index contributed by atoms with van der Waals surface area (Å²) in [5.74, 6) is 0.740. The van der Waals surface area contributed by atoms with Crippen molar-refractivity contribution in [3.05, 3.63) is 82.1 Å². The Morgan fingerprint density at radius 2 is 2.06 bits per heavy atom. The van der Waals surface area contributed by atoms with Crippen molar-refractivity contribution < 1.29 is 9.53 Å². The molecule has 3 aromatic rings. The van der Waals surface area contributed by atoms with Gasteiger partial charge in [0.1, 0.15) is 11.8 Å². The predicted molar refractivity (Wildman–Crippen MR) is 143 cm³/mol. The van der Waals surface area contributed by atoms with E-state index in [9.17, 15) is 10.1 Å². The number of benzene rings is 2. The minimum Gasteiger partial charge on any atom is -0.496 e. The van der Waals surface area contributed by atoms with E-state index in [0.29, 0.717) is 28.6 Å². The summed E-state index contributed by atoms with van der Waals surface area (Å²) in [5.41, 5.74) is 4.55. The third-order valence-electron chi connectivity index (χ3n) is 6.53. The Morgan fingerprint density at radius 1 is 1.25 bits per heavy atom. The zero-order chi connectivity index (χ0) is 25.5. The lowest BCUT2D eigenvalue weighted by atomic mass is 9.99. The first-order valence-electron chi connectivity index (χ1n) is 12.0. The minimum absolute atomic E-state index is 0.0397. The molecular formula is C29H29ClN4O2. The van der Waals surface area contributed by atoms with E-state index in [1.807, 2.05) is 54.6 Å². The lowest BCUT2D eigenvalue weighted by Crippen LogP contribution is -2.48. The summed E-state index contributed by atoms with van der Waals surface area (Å²) in [5, 5.41) is 13.2. The molecule has 1 aliphatic heterocycles. The van der Waals surface area contributed by atoms with E-state index in [0.717, 1.165) is 48.1 Å². The number of halogens is 1. The Balaban J connectivity index is 1.62. The number of methoxy groups -OCH3 is 1. The maximum absolute atomic E-state index is 12.4. The number of carbonyl (C=O) groups excluding carboxylic acids is 1. The average molecular weight is 501 g/mol. The Morgan fingerprint density at radius 3 is 2.78 bits per heavy atom. The van der Waals surface area contributed by atoms with Crippen LogP contribution < -0.4 is 10.1 Å². The molecule has 4 rings (SSSR count). The van der Waals surface area contributed by atoms with Gasteiger partial charge in [0.25, 0.3) is 0 Å². The Labute approximate surface area is 217 Å². The van der Waals surface area contributed by atoms with Gasteiger partial charge in [0.2, 0.25) is 5.91 Å². The Kier molecular flexibility index (Phi) is 8.37. The van der Waals surface area contributed by atoms with Crippen molar-refractivity contribution in [2.24, 2.45) is 0 Å². The normalized spacial score (nSPS) is 16.0. The predicted octanol–water partition coefficient (Wildman–Crippen LogP) is 5.55. The number of carbonyl (C=O) groups is 1. The molecule has 0 bridgehead atoms. The number of nitriles is 1. The van der Waals surface area contributed by atoms with Crippen molar-refractivity contribution in [3.63, 3.8) is 0 Å². The molecule has 1 saturated heterocycles. The number of piperidine rings is 1. The SMILES string of the molecule is CNC(=O)C1CCCCN1Cc1cc(Cl)c(/C=C/c2nccc(-c3ccccc3)c2C#N)cc1OC. The fraction of sp³-hybridized carbons (Fsp3) is 0.276. The first kappa shape index (κ1) is 25.4. The fourth-order valence-corrected chi connectivity index (χ4v) is 4.91. The number of likely N-dealkylation sites (N-methyl/N-ethyl adjacent to an activating group) is 1. The number of pyridine rings is 1. The molecule has 6 nitrogen and oxygen atoms in total. The molecule has 1 amide bonds. The van der Waals surface area contributed by atoms with Crippen LogP contribution in [0.3, 0.4) is 0 Å². The lowest BCUT2D eigenvalue weighted by Gasteiger charge is -2.34. The monoisotopic (exact) mass is 500 g/mol. The highest BCUT2D eigenvalue weighted by Crippen LogP contribution is 2.32. The maximum atomic E-state index is 12.4. The highest BCUT2D eigenvalue weighted by Gasteiger charge is 2.28. The summed E-state index contributed by atoms with van der Waals surface area (Å²) in [6, 6.07) is 17.6. The molecule has 1 unspecified atom stereocenters. The second kappa shape index (κ2) is 11.9. The van der Waals surface area contributed by atoms with Gasteiger partial charge in [0.15, 0.2) is 0 Å². The van der Waals surface area contributed by atoms with Gasteiger partial charge in [0.05, 0.1) is 24.4 Å². The highest BCUT2D eigenvalue weighted by atomic mass is 35.5. The van der Waals surface area contributed by atoms with Gasteiger partial charge in [-0.2, -0.15) is 5.26 Å². The molecule has 0 aliphatic carbocycles. The van der Waals surface area contributed by atoms with Crippen LogP contribution in [0.2, 0.25) is 5.02 Å². The van der Waals surface area contributed by atoms with Gasteiger partial charge in [-0.3, -0.25) is 14.7 Å². The van der Waals surface area contributed by atoms with Crippen LogP contribution >= 0.6 is 11.6 Å². The van der Waals surface area contributed by atoms with Gasteiger partial charge in [0, 0.05) is 35.9 Å². The van der Waals surface area contributed by atoms with E-state index in [2.05, 4.69) is 21.3 Å². The molecule has 1 aliphatic rings. The van der Waals surface area contributed by atoms with Crippen molar-refractivity contribution in [1.29, 1.82) is 5.26 Å². The second-order valence-corrected chi connectivity index (χ2v) is 9.12. The van der Waals surface area contributed by atoms with Crippen LogP contribution in [0.15, 0.2) is 54.7 Å². The molecule has 1 fully saturated rings. The van der Waals surface area contributed by atoms with Gasteiger partial charge < -0.3 is 10.1 Å². The highest BCUT2D eigenvalue weighted by molar-refractivity contribution is 6.32. The second-order valence-electron chi connectivity index (χ2n) is 8.71. The van der Waals surface area contributed by atoms with Crippen molar-refractivity contribution in [2.75, 3.05) is 20.7 Å². The number of hydrogen-bond donors (Lipinski definition) is 1. The number of aromatic nitrogens is 1. The molecule has 7 heteroatoms. The van der Waals surface area contributed by atoms with Gasteiger partial charge in [-0.1, -0.05) is 54.4 Å². The summed E-state index contributed by atoms with van der Waals surface area (Å²) < 4.78 is 5.69. The van der Waals surface area contributed by atoms with Gasteiger partial charge >= 0.3 is 0 Å². The molecular weight excluding hydrogens is 472 g/mol. The van der Waals surface area contributed by atoms with Gasteiger partial charge in [-0.05, 0) is 54.8 Å². The average Bonchev–Trinajstić information content (AvgIpc) is 2.92. The largest absolute Gasteiger partial charge is 0.496 e. The van der Waals surface area contributed by atoms with E-state index < -0.39 is 0 Å². The molecule has 2 aromatic carbocycles. The van der Waals surface area contributed by atoms with E-state index in [-0.39, 0.29) is 11.9 Å². The number of likely N-dealkylation sites (tertiary alicyclic amines) is 1. The summed E-state index contributed by atoms with van der Waals surface area (Å²) in [6.07, 6.45) is 8.29. The summed E-state index contributed by atoms with van der Waals surface area (Å²) in [6.45, 7) is 1.42. The van der Waals surface area contributed by atoms with Crippen LogP contribution in [-0.2, 0) is 11.3 Å². The molecule has 1 N–H and O–H groups in total. The topological polar surface area (TPSA) is 78.3 Å². The number of nitrogens with zero attached hydrogens (tertiary/aromatic N) is 3. The third kappa shape index (κ3) is 5.59. The third-order valence-corrected chi connectivity index (χ3v) is 6.86.